The predicted octanol–water partition coefficient (Wildman–Crippen LogP) is 2.42. The Labute approximate surface area is 104 Å². The van der Waals surface area contributed by atoms with Crippen molar-refractivity contribution in [3.8, 4) is 0 Å². The Hall–Kier alpha value is -1.06. The molecule has 96 valence electrons. The second-order valence-electron chi connectivity index (χ2n) is 4.49. The highest BCUT2D eigenvalue weighted by Gasteiger charge is 2.17. The molecule has 0 radical (unpaired) electrons. The summed E-state index contributed by atoms with van der Waals surface area (Å²) in [7, 11) is 0. The van der Waals surface area contributed by atoms with E-state index in [2.05, 4.69) is 25.7 Å². The van der Waals surface area contributed by atoms with Gasteiger partial charge in [-0.25, -0.2) is 0 Å². The van der Waals surface area contributed by atoms with E-state index in [1.54, 1.807) is 0 Å². The van der Waals surface area contributed by atoms with Crippen LogP contribution in [0.5, 0.6) is 0 Å². The van der Waals surface area contributed by atoms with Gasteiger partial charge >= 0.3 is 0 Å². The van der Waals surface area contributed by atoms with Gasteiger partial charge in [-0.05, 0) is 26.0 Å². The highest BCUT2D eigenvalue weighted by molar-refractivity contribution is 5.47. The van der Waals surface area contributed by atoms with Gasteiger partial charge < -0.3 is 10.8 Å². The molecule has 3 N–H and O–H groups in total. The number of nitrogens with two attached hydrogens (primary N) is 1. The Morgan fingerprint density at radius 1 is 1.29 bits per heavy atom. The van der Waals surface area contributed by atoms with Crippen LogP contribution in [0.2, 0.25) is 0 Å². The van der Waals surface area contributed by atoms with Crippen LogP contribution in [0.1, 0.15) is 38.9 Å². The fourth-order valence-electron chi connectivity index (χ4n) is 2.01. The molecule has 0 saturated heterocycles. The zero-order valence-corrected chi connectivity index (χ0v) is 11.1. The first kappa shape index (κ1) is 14.0. The number of hydrogen-bond donors (Lipinski definition) is 2. The number of aliphatic hydroxyl groups excluding tert-OH is 1. The molecule has 17 heavy (non-hydrogen) atoms. The minimum atomic E-state index is -0.509. The lowest BCUT2D eigenvalue weighted by Gasteiger charge is -2.29. The number of anilines is 1. The lowest BCUT2D eigenvalue weighted by molar-refractivity contribution is 0.0939. The molecule has 0 aromatic heterocycles. The maximum Gasteiger partial charge on any atom is 0.0936 e. The van der Waals surface area contributed by atoms with Gasteiger partial charge in [0.05, 0.1) is 6.10 Å². The number of rotatable bonds is 6. The van der Waals surface area contributed by atoms with Crippen LogP contribution in [0.25, 0.3) is 0 Å². The van der Waals surface area contributed by atoms with Gasteiger partial charge in [-0.15, -0.1) is 0 Å². The molecule has 1 aromatic rings. The zero-order chi connectivity index (χ0) is 12.8. The van der Waals surface area contributed by atoms with Crippen molar-refractivity contribution in [2.75, 3.05) is 18.8 Å². The maximum atomic E-state index is 10.2. The van der Waals surface area contributed by atoms with Crippen LogP contribution in [-0.2, 0) is 0 Å². The van der Waals surface area contributed by atoms with Crippen LogP contribution >= 0.6 is 0 Å². The second-order valence-corrected chi connectivity index (χ2v) is 4.49. The third-order valence-corrected chi connectivity index (χ3v) is 3.38. The number of aliphatic hydroxyl groups is 1. The molecule has 0 aliphatic carbocycles. The lowest BCUT2D eigenvalue weighted by Crippen LogP contribution is -2.36. The Morgan fingerprint density at radius 2 is 1.94 bits per heavy atom. The summed E-state index contributed by atoms with van der Waals surface area (Å²) in [5, 5.41) is 10.2. The minimum Gasteiger partial charge on any atom is -0.398 e. The summed E-state index contributed by atoms with van der Waals surface area (Å²) in [6, 6.07) is 8.01. The lowest BCUT2D eigenvalue weighted by atomic mass is 10.1. The summed E-state index contributed by atoms with van der Waals surface area (Å²) >= 11 is 0. The molecule has 0 saturated carbocycles. The number of nitrogen functional groups attached to an aromatic ring is 1. The quantitative estimate of drug-likeness (QED) is 0.746. The summed E-state index contributed by atoms with van der Waals surface area (Å²) in [4.78, 5) is 2.27. The van der Waals surface area contributed by atoms with Gasteiger partial charge in [-0.3, -0.25) is 4.90 Å². The largest absolute Gasteiger partial charge is 0.398 e. The fraction of sp³-hybridized carbons (Fsp3) is 0.571. The molecule has 0 fully saturated rings. The Balaban J connectivity index is 2.71. The van der Waals surface area contributed by atoms with E-state index in [-0.39, 0.29) is 0 Å². The summed E-state index contributed by atoms with van der Waals surface area (Å²) < 4.78 is 0. The molecule has 3 heteroatoms. The van der Waals surface area contributed by atoms with Crippen molar-refractivity contribution < 1.29 is 5.11 Å². The average molecular weight is 236 g/mol. The zero-order valence-electron chi connectivity index (χ0n) is 11.1. The molecule has 0 bridgehead atoms. The molecule has 2 unspecified atom stereocenters. The topological polar surface area (TPSA) is 49.5 Å². The van der Waals surface area contributed by atoms with Crippen molar-refractivity contribution >= 4 is 5.69 Å². The van der Waals surface area contributed by atoms with Crippen molar-refractivity contribution in [1.29, 1.82) is 0 Å². The third-order valence-electron chi connectivity index (χ3n) is 3.38. The SMILES string of the molecule is CCC(C)N(CC)CC(O)c1ccccc1N. The molecule has 0 heterocycles. The van der Waals surface area contributed by atoms with Crippen LogP contribution in [-0.4, -0.2) is 29.1 Å². The molecule has 0 aliphatic heterocycles. The van der Waals surface area contributed by atoms with Crippen LogP contribution in [0.4, 0.5) is 5.69 Å². The van der Waals surface area contributed by atoms with Crippen LogP contribution < -0.4 is 5.73 Å². The van der Waals surface area contributed by atoms with Crippen molar-refractivity contribution in [2.45, 2.75) is 39.3 Å². The smallest absolute Gasteiger partial charge is 0.0936 e. The van der Waals surface area contributed by atoms with Crippen LogP contribution in [0, 0.1) is 0 Å². The maximum absolute atomic E-state index is 10.2. The van der Waals surface area contributed by atoms with E-state index >= 15 is 0 Å². The first-order valence-electron chi connectivity index (χ1n) is 6.36. The van der Waals surface area contributed by atoms with Crippen LogP contribution in [0.15, 0.2) is 24.3 Å². The van der Waals surface area contributed by atoms with E-state index in [9.17, 15) is 5.11 Å². The first-order chi connectivity index (χ1) is 8.10. The number of nitrogens with zero attached hydrogens (tertiary/aromatic N) is 1. The fourth-order valence-corrected chi connectivity index (χ4v) is 2.01. The van der Waals surface area contributed by atoms with Gasteiger partial charge in [0, 0.05) is 23.8 Å². The summed E-state index contributed by atoms with van der Waals surface area (Å²) in [6.45, 7) is 8.05. The molecular weight excluding hydrogens is 212 g/mol. The molecule has 2 atom stereocenters. The van der Waals surface area contributed by atoms with E-state index in [4.69, 9.17) is 5.73 Å². The normalized spacial score (nSPS) is 14.9. The Kier molecular flexibility index (Phi) is 5.45. The van der Waals surface area contributed by atoms with E-state index in [0.717, 1.165) is 18.5 Å². The van der Waals surface area contributed by atoms with Gasteiger partial charge in [0.1, 0.15) is 0 Å². The molecule has 3 nitrogen and oxygen atoms in total. The van der Waals surface area contributed by atoms with Gasteiger partial charge in [0.2, 0.25) is 0 Å². The highest BCUT2D eigenvalue weighted by atomic mass is 16.3. The van der Waals surface area contributed by atoms with E-state index in [1.165, 1.54) is 0 Å². The monoisotopic (exact) mass is 236 g/mol. The van der Waals surface area contributed by atoms with Gasteiger partial charge in [-0.2, -0.15) is 0 Å². The van der Waals surface area contributed by atoms with E-state index in [1.807, 2.05) is 24.3 Å². The minimum absolute atomic E-state index is 0.486. The molecule has 0 spiro atoms. The average Bonchev–Trinajstić information content (AvgIpc) is 2.35. The predicted molar refractivity (Wildman–Crippen MR) is 72.8 cm³/mol. The number of likely N-dealkylation sites (N-methyl/N-ethyl adjacent to an activating group) is 1. The van der Waals surface area contributed by atoms with E-state index in [0.29, 0.717) is 18.3 Å². The molecule has 1 aromatic carbocycles. The standard InChI is InChI=1S/C14H24N2O/c1-4-11(3)16(5-2)10-14(17)12-8-6-7-9-13(12)15/h6-9,11,14,17H,4-5,10,15H2,1-3H3. The molecular formula is C14H24N2O. The van der Waals surface area contributed by atoms with Gasteiger partial charge in [0.25, 0.3) is 0 Å². The van der Waals surface area contributed by atoms with Crippen molar-refractivity contribution in [3.63, 3.8) is 0 Å². The second kappa shape index (κ2) is 6.62. The molecule has 0 aliphatic rings. The van der Waals surface area contributed by atoms with Crippen LogP contribution in [0.3, 0.4) is 0 Å². The van der Waals surface area contributed by atoms with Gasteiger partial charge in [-0.1, -0.05) is 32.0 Å². The number of para-hydroxylation sites is 1. The number of benzene rings is 1. The summed E-state index contributed by atoms with van der Waals surface area (Å²) in [5.74, 6) is 0. The van der Waals surface area contributed by atoms with Crippen molar-refractivity contribution in [1.82, 2.24) is 4.90 Å². The molecule has 0 amide bonds. The van der Waals surface area contributed by atoms with E-state index < -0.39 is 6.10 Å². The Bertz CT molecular complexity index is 341. The Morgan fingerprint density at radius 3 is 2.47 bits per heavy atom. The van der Waals surface area contributed by atoms with Crippen molar-refractivity contribution in [3.05, 3.63) is 29.8 Å². The summed E-state index contributed by atoms with van der Waals surface area (Å²) in [5.41, 5.74) is 7.36. The number of hydrogen-bond acceptors (Lipinski definition) is 3. The van der Waals surface area contributed by atoms with Crippen molar-refractivity contribution in [2.24, 2.45) is 0 Å². The highest BCUT2D eigenvalue weighted by Crippen LogP contribution is 2.21. The van der Waals surface area contributed by atoms with Gasteiger partial charge in [0.15, 0.2) is 0 Å². The first-order valence-corrected chi connectivity index (χ1v) is 6.36. The summed E-state index contributed by atoms with van der Waals surface area (Å²) in [6.07, 6.45) is 0.579. The molecule has 1 rings (SSSR count). The third kappa shape index (κ3) is 3.72.